The molecule has 0 spiro atoms. The molecule has 80 valence electrons. The number of nitrogens with zero attached hydrogens (tertiary/aromatic N) is 3. The second-order valence-corrected chi connectivity index (χ2v) is 3.40. The molecule has 0 bridgehead atoms. The first-order valence-electron chi connectivity index (χ1n) is 3.94. The van der Waals surface area contributed by atoms with Crippen LogP contribution in [-0.4, -0.2) is 20.9 Å². The van der Waals surface area contributed by atoms with Crippen molar-refractivity contribution in [3.63, 3.8) is 0 Å². The van der Waals surface area contributed by atoms with Crippen LogP contribution in [0.5, 0.6) is 0 Å². The zero-order valence-corrected chi connectivity index (χ0v) is 9.06. The molecule has 3 nitrogen and oxygen atoms in total. The summed E-state index contributed by atoms with van der Waals surface area (Å²) in [5, 5.41) is 7.89. The molecule has 0 unspecified atom stereocenters. The summed E-state index contributed by atoms with van der Waals surface area (Å²) in [4.78, 5) is 0. The SMILES string of the molecule is Cn1c(CBr)nnc1CCC(F)(F)F. The van der Waals surface area contributed by atoms with Gasteiger partial charge in [-0.3, -0.25) is 0 Å². The molecule has 0 saturated heterocycles. The Labute approximate surface area is 87.4 Å². The van der Waals surface area contributed by atoms with E-state index in [1.165, 1.54) is 0 Å². The van der Waals surface area contributed by atoms with Crippen LogP contribution < -0.4 is 0 Å². The first-order chi connectivity index (χ1) is 6.44. The van der Waals surface area contributed by atoms with E-state index in [1.54, 1.807) is 11.6 Å². The van der Waals surface area contributed by atoms with Crippen molar-refractivity contribution >= 4 is 15.9 Å². The van der Waals surface area contributed by atoms with Gasteiger partial charge in [0.2, 0.25) is 0 Å². The van der Waals surface area contributed by atoms with Crippen LogP contribution in [0.3, 0.4) is 0 Å². The average molecular weight is 272 g/mol. The molecule has 0 N–H and O–H groups in total. The molecule has 1 aromatic heterocycles. The molecule has 0 atom stereocenters. The Bertz CT molecular complexity index is 308. The quantitative estimate of drug-likeness (QED) is 0.790. The summed E-state index contributed by atoms with van der Waals surface area (Å²) in [6.45, 7) is 0. The first kappa shape index (κ1) is 11.5. The molecule has 0 amide bonds. The topological polar surface area (TPSA) is 30.7 Å². The fraction of sp³-hybridized carbons (Fsp3) is 0.714. The van der Waals surface area contributed by atoms with E-state index in [4.69, 9.17) is 0 Å². The van der Waals surface area contributed by atoms with Gasteiger partial charge in [0.1, 0.15) is 11.6 Å². The van der Waals surface area contributed by atoms with Crippen molar-refractivity contribution in [3.8, 4) is 0 Å². The number of hydrogen-bond acceptors (Lipinski definition) is 2. The third kappa shape index (κ3) is 2.97. The highest BCUT2D eigenvalue weighted by Crippen LogP contribution is 2.21. The summed E-state index contributed by atoms with van der Waals surface area (Å²) in [5.74, 6) is 0.985. The molecule has 14 heavy (non-hydrogen) atoms. The number of rotatable bonds is 3. The molecule has 0 aromatic carbocycles. The van der Waals surface area contributed by atoms with Crippen LogP contribution in [0.1, 0.15) is 18.1 Å². The molecular formula is C7H9BrF3N3. The van der Waals surface area contributed by atoms with E-state index >= 15 is 0 Å². The molecule has 1 heterocycles. The summed E-state index contributed by atoms with van der Waals surface area (Å²) >= 11 is 3.17. The fourth-order valence-corrected chi connectivity index (χ4v) is 1.47. The predicted octanol–water partition coefficient (Wildman–Crippen LogP) is 2.20. The summed E-state index contributed by atoms with van der Waals surface area (Å²) in [7, 11) is 1.66. The van der Waals surface area contributed by atoms with Crippen LogP contribution >= 0.6 is 15.9 Å². The van der Waals surface area contributed by atoms with Crippen LogP contribution in [0.4, 0.5) is 13.2 Å². The Hall–Kier alpha value is -0.590. The smallest absolute Gasteiger partial charge is 0.317 e. The molecule has 0 aliphatic rings. The van der Waals surface area contributed by atoms with Crippen LogP contribution in [0, 0.1) is 0 Å². The Balaban J connectivity index is 2.64. The number of aryl methyl sites for hydroxylation is 1. The third-order valence-corrected chi connectivity index (χ3v) is 2.31. The lowest BCUT2D eigenvalue weighted by molar-refractivity contribution is -0.134. The lowest BCUT2D eigenvalue weighted by Crippen LogP contribution is -2.11. The third-order valence-electron chi connectivity index (χ3n) is 1.81. The van der Waals surface area contributed by atoms with Crippen molar-refractivity contribution in [2.24, 2.45) is 7.05 Å². The minimum atomic E-state index is -4.14. The van der Waals surface area contributed by atoms with Crippen LogP contribution in [0.2, 0.25) is 0 Å². The van der Waals surface area contributed by atoms with Gasteiger partial charge in [-0.25, -0.2) is 0 Å². The van der Waals surface area contributed by atoms with E-state index in [0.717, 1.165) is 0 Å². The zero-order chi connectivity index (χ0) is 10.8. The number of hydrogen-bond donors (Lipinski definition) is 0. The Morgan fingerprint density at radius 3 is 2.29 bits per heavy atom. The summed E-state index contributed by atoms with van der Waals surface area (Å²) < 4.78 is 37.3. The second kappa shape index (κ2) is 4.29. The van der Waals surface area contributed by atoms with E-state index in [9.17, 15) is 13.2 Å². The number of halogens is 4. The minimum Gasteiger partial charge on any atom is -0.317 e. The number of alkyl halides is 4. The van der Waals surface area contributed by atoms with Gasteiger partial charge in [0.15, 0.2) is 0 Å². The minimum absolute atomic E-state index is 0.125. The maximum absolute atomic E-state index is 11.9. The summed E-state index contributed by atoms with van der Waals surface area (Å²) in [5.41, 5.74) is 0. The fourth-order valence-electron chi connectivity index (χ4n) is 0.986. The van der Waals surface area contributed by atoms with Crippen LogP contribution in [0.25, 0.3) is 0 Å². The van der Waals surface area contributed by atoms with Gasteiger partial charge in [0.05, 0.1) is 11.8 Å². The van der Waals surface area contributed by atoms with Crippen molar-refractivity contribution in [1.82, 2.24) is 14.8 Å². The maximum atomic E-state index is 11.9. The molecular weight excluding hydrogens is 263 g/mol. The summed E-state index contributed by atoms with van der Waals surface area (Å²) in [6, 6.07) is 0. The van der Waals surface area contributed by atoms with E-state index in [0.29, 0.717) is 17.0 Å². The van der Waals surface area contributed by atoms with Crippen molar-refractivity contribution in [1.29, 1.82) is 0 Å². The van der Waals surface area contributed by atoms with Crippen molar-refractivity contribution < 1.29 is 13.2 Å². The Morgan fingerprint density at radius 1 is 1.29 bits per heavy atom. The van der Waals surface area contributed by atoms with Crippen molar-refractivity contribution in [2.45, 2.75) is 24.3 Å². The first-order valence-corrected chi connectivity index (χ1v) is 5.06. The lowest BCUT2D eigenvalue weighted by Gasteiger charge is -2.05. The van der Waals surface area contributed by atoms with Gasteiger partial charge in [-0.1, -0.05) is 15.9 Å². The van der Waals surface area contributed by atoms with E-state index < -0.39 is 12.6 Å². The Kier molecular flexibility index (Phi) is 3.52. The Morgan fingerprint density at radius 2 is 1.86 bits per heavy atom. The maximum Gasteiger partial charge on any atom is 0.389 e. The van der Waals surface area contributed by atoms with E-state index in [1.807, 2.05) is 0 Å². The molecule has 0 radical (unpaired) electrons. The monoisotopic (exact) mass is 271 g/mol. The van der Waals surface area contributed by atoms with Crippen molar-refractivity contribution in [3.05, 3.63) is 11.6 Å². The van der Waals surface area contributed by atoms with Gasteiger partial charge < -0.3 is 4.57 Å². The molecule has 1 aromatic rings. The standard InChI is InChI=1S/C7H9BrF3N3/c1-14-5(2-3-7(9,10)11)12-13-6(14)4-8/h2-4H2,1H3. The van der Waals surface area contributed by atoms with Gasteiger partial charge in [-0.15, -0.1) is 10.2 Å². The van der Waals surface area contributed by atoms with E-state index in [-0.39, 0.29) is 6.42 Å². The normalized spacial score (nSPS) is 12.1. The van der Waals surface area contributed by atoms with Gasteiger partial charge in [-0.2, -0.15) is 13.2 Å². The molecule has 0 aliphatic carbocycles. The second-order valence-electron chi connectivity index (χ2n) is 2.84. The highest BCUT2D eigenvalue weighted by Gasteiger charge is 2.27. The molecule has 0 aliphatic heterocycles. The predicted molar refractivity (Wildman–Crippen MR) is 48.0 cm³/mol. The van der Waals surface area contributed by atoms with E-state index in [2.05, 4.69) is 26.1 Å². The summed E-state index contributed by atoms with van der Waals surface area (Å²) in [6.07, 6.45) is -5.12. The molecule has 7 heteroatoms. The largest absolute Gasteiger partial charge is 0.389 e. The lowest BCUT2D eigenvalue weighted by atomic mass is 10.3. The highest BCUT2D eigenvalue weighted by atomic mass is 79.9. The average Bonchev–Trinajstić information content (AvgIpc) is 2.42. The van der Waals surface area contributed by atoms with Gasteiger partial charge in [0, 0.05) is 13.5 Å². The van der Waals surface area contributed by atoms with Crippen molar-refractivity contribution in [2.75, 3.05) is 0 Å². The van der Waals surface area contributed by atoms with Crippen LogP contribution in [-0.2, 0) is 18.8 Å². The van der Waals surface area contributed by atoms with Gasteiger partial charge in [-0.05, 0) is 0 Å². The highest BCUT2D eigenvalue weighted by molar-refractivity contribution is 9.08. The molecule has 1 rings (SSSR count). The molecule has 0 fully saturated rings. The zero-order valence-electron chi connectivity index (χ0n) is 7.47. The van der Waals surface area contributed by atoms with Gasteiger partial charge >= 0.3 is 6.18 Å². The number of aromatic nitrogens is 3. The molecule has 0 saturated carbocycles. The van der Waals surface area contributed by atoms with Crippen LogP contribution in [0.15, 0.2) is 0 Å². The van der Waals surface area contributed by atoms with Gasteiger partial charge in [0.25, 0.3) is 0 Å².